The van der Waals surface area contributed by atoms with Gasteiger partial charge in [0, 0.05) is 25.5 Å². The summed E-state index contributed by atoms with van der Waals surface area (Å²) in [4.78, 5) is 11.0. The van der Waals surface area contributed by atoms with E-state index in [4.69, 9.17) is 0 Å². The molecule has 3 heterocycles. The average molecular weight is 232 g/mol. The van der Waals surface area contributed by atoms with Crippen molar-refractivity contribution in [2.45, 2.75) is 19.3 Å². The lowest BCUT2D eigenvalue weighted by Crippen LogP contribution is -2.37. The number of aromatic nitrogens is 2. The summed E-state index contributed by atoms with van der Waals surface area (Å²) in [5.41, 5.74) is 0. The lowest BCUT2D eigenvalue weighted by molar-refractivity contribution is 0.291. The number of nitrogens with zero attached hydrogens (tertiary/aromatic N) is 3. The van der Waals surface area contributed by atoms with Crippen LogP contribution in [0.5, 0.6) is 0 Å². The lowest BCUT2D eigenvalue weighted by Gasteiger charge is -2.34. The fraction of sp³-hybridized carbons (Fsp3) is 0.692. The number of hydrogen-bond acceptors (Lipinski definition) is 4. The first-order valence-corrected chi connectivity index (χ1v) is 6.66. The highest BCUT2D eigenvalue weighted by atomic mass is 15.2. The molecule has 4 nitrogen and oxygen atoms in total. The molecule has 17 heavy (non-hydrogen) atoms. The molecule has 0 bridgehead atoms. The molecule has 2 saturated heterocycles. The van der Waals surface area contributed by atoms with Gasteiger partial charge < -0.3 is 10.2 Å². The molecule has 1 aromatic rings. The summed E-state index contributed by atoms with van der Waals surface area (Å²) in [5.74, 6) is 2.72. The highest BCUT2D eigenvalue weighted by molar-refractivity contribution is 5.28. The minimum atomic E-state index is 0.899. The Labute approximate surface area is 102 Å². The van der Waals surface area contributed by atoms with Gasteiger partial charge in [0.1, 0.15) is 0 Å². The van der Waals surface area contributed by atoms with Crippen molar-refractivity contribution in [3.63, 3.8) is 0 Å². The Hall–Kier alpha value is -1.16. The molecule has 4 heteroatoms. The molecule has 0 radical (unpaired) electrons. The number of nitrogens with one attached hydrogen (secondary N) is 1. The SMILES string of the molecule is c1cnc(N2CCC([C@@H]3CCNC3)CC2)nc1. The van der Waals surface area contributed by atoms with E-state index < -0.39 is 0 Å². The van der Waals surface area contributed by atoms with Crippen LogP contribution in [0.1, 0.15) is 19.3 Å². The van der Waals surface area contributed by atoms with E-state index in [0.717, 1.165) is 30.9 Å². The normalized spacial score (nSPS) is 26.4. The van der Waals surface area contributed by atoms with Crippen molar-refractivity contribution in [3.05, 3.63) is 18.5 Å². The minimum absolute atomic E-state index is 0.899. The van der Waals surface area contributed by atoms with E-state index in [2.05, 4.69) is 20.2 Å². The van der Waals surface area contributed by atoms with Gasteiger partial charge in [-0.2, -0.15) is 0 Å². The second-order valence-electron chi connectivity index (χ2n) is 5.13. The van der Waals surface area contributed by atoms with E-state index in [0.29, 0.717) is 0 Å². The zero-order chi connectivity index (χ0) is 11.5. The fourth-order valence-electron chi connectivity index (χ4n) is 3.10. The van der Waals surface area contributed by atoms with Crippen LogP contribution in [0.15, 0.2) is 18.5 Å². The molecule has 0 saturated carbocycles. The van der Waals surface area contributed by atoms with E-state index in [9.17, 15) is 0 Å². The number of hydrogen-bond donors (Lipinski definition) is 1. The second-order valence-corrected chi connectivity index (χ2v) is 5.13. The van der Waals surface area contributed by atoms with Crippen LogP contribution in [0.3, 0.4) is 0 Å². The van der Waals surface area contributed by atoms with Crippen LogP contribution in [0.2, 0.25) is 0 Å². The summed E-state index contributed by atoms with van der Waals surface area (Å²) in [7, 11) is 0. The molecule has 3 rings (SSSR count). The number of rotatable bonds is 2. The summed E-state index contributed by atoms with van der Waals surface area (Å²) in [5, 5.41) is 3.47. The van der Waals surface area contributed by atoms with Crippen molar-refractivity contribution in [3.8, 4) is 0 Å². The molecule has 1 aromatic heterocycles. The molecule has 92 valence electrons. The van der Waals surface area contributed by atoms with Gasteiger partial charge in [0.2, 0.25) is 5.95 Å². The largest absolute Gasteiger partial charge is 0.341 e. The van der Waals surface area contributed by atoms with Crippen LogP contribution >= 0.6 is 0 Å². The highest BCUT2D eigenvalue weighted by Gasteiger charge is 2.28. The maximum absolute atomic E-state index is 4.33. The molecule has 0 spiro atoms. The van der Waals surface area contributed by atoms with Crippen LogP contribution in [0.25, 0.3) is 0 Å². The average Bonchev–Trinajstić information content (AvgIpc) is 2.94. The minimum Gasteiger partial charge on any atom is -0.341 e. The van der Waals surface area contributed by atoms with Crippen molar-refractivity contribution in [1.82, 2.24) is 15.3 Å². The van der Waals surface area contributed by atoms with Crippen molar-refractivity contribution in [2.24, 2.45) is 11.8 Å². The Kier molecular flexibility index (Phi) is 3.22. The Morgan fingerprint density at radius 1 is 1.06 bits per heavy atom. The molecule has 2 aliphatic heterocycles. The first-order valence-electron chi connectivity index (χ1n) is 6.66. The molecular weight excluding hydrogens is 212 g/mol. The van der Waals surface area contributed by atoms with Gasteiger partial charge in [0.25, 0.3) is 0 Å². The monoisotopic (exact) mass is 232 g/mol. The Balaban J connectivity index is 1.57. The van der Waals surface area contributed by atoms with Crippen molar-refractivity contribution in [1.29, 1.82) is 0 Å². The third kappa shape index (κ3) is 2.41. The number of piperidine rings is 1. The predicted molar refractivity (Wildman–Crippen MR) is 67.9 cm³/mol. The van der Waals surface area contributed by atoms with Gasteiger partial charge in [-0.25, -0.2) is 9.97 Å². The highest BCUT2D eigenvalue weighted by Crippen LogP contribution is 2.29. The zero-order valence-electron chi connectivity index (χ0n) is 10.2. The maximum Gasteiger partial charge on any atom is 0.225 e. The van der Waals surface area contributed by atoms with E-state index >= 15 is 0 Å². The Morgan fingerprint density at radius 2 is 1.82 bits per heavy atom. The van der Waals surface area contributed by atoms with E-state index in [1.165, 1.54) is 32.4 Å². The van der Waals surface area contributed by atoms with E-state index in [1.807, 2.05) is 18.5 Å². The van der Waals surface area contributed by atoms with Crippen LogP contribution in [0, 0.1) is 11.8 Å². The molecular formula is C13H20N4. The van der Waals surface area contributed by atoms with Gasteiger partial charge in [0.05, 0.1) is 0 Å². The fourth-order valence-corrected chi connectivity index (χ4v) is 3.10. The van der Waals surface area contributed by atoms with Crippen LogP contribution in [-0.2, 0) is 0 Å². The quantitative estimate of drug-likeness (QED) is 0.834. The third-order valence-electron chi connectivity index (χ3n) is 4.14. The van der Waals surface area contributed by atoms with Crippen LogP contribution < -0.4 is 10.2 Å². The predicted octanol–water partition coefficient (Wildman–Crippen LogP) is 1.30. The summed E-state index contributed by atoms with van der Waals surface area (Å²) in [6.07, 6.45) is 7.62. The molecule has 2 aliphatic rings. The van der Waals surface area contributed by atoms with E-state index in [-0.39, 0.29) is 0 Å². The third-order valence-corrected chi connectivity index (χ3v) is 4.14. The summed E-state index contributed by atoms with van der Waals surface area (Å²) < 4.78 is 0. The van der Waals surface area contributed by atoms with Gasteiger partial charge in [-0.1, -0.05) is 0 Å². The first kappa shape index (κ1) is 11.0. The second kappa shape index (κ2) is 5.00. The molecule has 0 unspecified atom stereocenters. The Bertz CT molecular complexity index is 340. The number of anilines is 1. The molecule has 1 atom stereocenters. The summed E-state index contributed by atoms with van der Waals surface area (Å²) in [6, 6.07) is 1.88. The Morgan fingerprint density at radius 3 is 2.47 bits per heavy atom. The molecule has 0 aromatic carbocycles. The zero-order valence-corrected chi connectivity index (χ0v) is 10.2. The van der Waals surface area contributed by atoms with Crippen molar-refractivity contribution >= 4 is 5.95 Å². The van der Waals surface area contributed by atoms with Gasteiger partial charge in [0.15, 0.2) is 0 Å². The lowest BCUT2D eigenvalue weighted by atomic mass is 9.84. The molecule has 2 fully saturated rings. The van der Waals surface area contributed by atoms with Crippen LogP contribution in [0.4, 0.5) is 5.95 Å². The summed E-state index contributed by atoms with van der Waals surface area (Å²) >= 11 is 0. The van der Waals surface area contributed by atoms with Gasteiger partial charge in [-0.3, -0.25) is 0 Å². The molecule has 0 amide bonds. The van der Waals surface area contributed by atoms with Gasteiger partial charge in [-0.05, 0) is 50.3 Å². The molecule has 0 aliphatic carbocycles. The smallest absolute Gasteiger partial charge is 0.225 e. The summed E-state index contributed by atoms with van der Waals surface area (Å²) in [6.45, 7) is 4.68. The first-order chi connectivity index (χ1) is 8.43. The van der Waals surface area contributed by atoms with Gasteiger partial charge >= 0.3 is 0 Å². The van der Waals surface area contributed by atoms with Gasteiger partial charge in [-0.15, -0.1) is 0 Å². The standard InChI is InChI=1S/C13H20N4/c1-5-15-13(16-6-1)17-8-3-11(4-9-17)12-2-7-14-10-12/h1,5-6,11-12,14H,2-4,7-10H2/t12-/m1/s1. The van der Waals surface area contributed by atoms with Crippen molar-refractivity contribution < 1.29 is 0 Å². The van der Waals surface area contributed by atoms with Crippen molar-refractivity contribution in [2.75, 3.05) is 31.1 Å². The van der Waals surface area contributed by atoms with E-state index in [1.54, 1.807) is 0 Å². The van der Waals surface area contributed by atoms with Crippen LogP contribution in [-0.4, -0.2) is 36.1 Å². The topological polar surface area (TPSA) is 41.1 Å². The molecule has 1 N–H and O–H groups in total. The maximum atomic E-state index is 4.33.